The molecule has 1 aliphatic carbocycles. The van der Waals surface area contributed by atoms with Crippen LogP contribution in [0.15, 0.2) is 27.6 Å². The average molecular weight is 329 g/mol. The van der Waals surface area contributed by atoms with Crippen LogP contribution in [0.2, 0.25) is 0 Å². The Balaban J connectivity index is 2.09. The zero-order valence-electron chi connectivity index (χ0n) is 10.4. The number of aromatic carboxylic acids is 1. The van der Waals surface area contributed by atoms with Gasteiger partial charge in [0.2, 0.25) is 0 Å². The molecule has 0 spiro atoms. The van der Waals surface area contributed by atoms with Crippen LogP contribution >= 0.6 is 27.7 Å². The molecule has 1 saturated carbocycles. The first-order chi connectivity index (χ1) is 8.56. The van der Waals surface area contributed by atoms with Gasteiger partial charge in [0.15, 0.2) is 0 Å². The fourth-order valence-corrected chi connectivity index (χ4v) is 4.26. The normalized spacial score (nSPS) is 23.9. The van der Waals surface area contributed by atoms with E-state index in [1.807, 2.05) is 23.9 Å². The molecule has 1 N–H and O–H groups in total. The summed E-state index contributed by atoms with van der Waals surface area (Å²) >= 11 is 5.10. The van der Waals surface area contributed by atoms with Crippen molar-refractivity contribution in [3.8, 4) is 0 Å². The Morgan fingerprint density at radius 2 is 2.22 bits per heavy atom. The van der Waals surface area contributed by atoms with Crippen LogP contribution in [0.4, 0.5) is 0 Å². The van der Waals surface area contributed by atoms with Gasteiger partial charge in [-0.05, 0) is 52.9 Å². The molecular formula is C14H17BrO2S. The molecule has 2 unspecified atom stereocenters. The summed E-state index contributed by atoms with van der Waals surface area (Å²) in [7, 11) is 0. The van der Waals surface area contributed by atoms with Gasteiger partial charge in [-0.25, -0.2) is 4.79 Å². The monoisotopic (exact) mass is 328 g/mol. The first kappa shape index (κ1) is 13.9. The van der Waals surface area contributed by atoms with E-state index in [-0.39, 0.29) is 0 Å². The van der Waals surface area contributed by atoms with E-state index >= 15 is 0 Å². The van der Waals surface area contributed by atoms with Gasteiger partial charge in [0, 0.05) is 14.6 Å². The maximum atomic E-state index is 11.1. The average Bonchev–Trinajstić information content (AvgIpc) is 2.31. The Bertz CT molecular complexity index is 447. The minimum atomic E-state index is -0.874. The second-order valence-electron chi connectivity index (χ2n) is 4.96. The summed E-state index contributed by atoms with van der Waals surface area (Å²) in [5, 5.41) is 9.73. The highest BCUT2D eigenvalue weighted by atomic mass is 79.9. The van der Waals surface area contributed by atoms with E-state index in [9.17, 15) is 4.79 Å². The van der Waals surface area contributed by atoms with E-state index in [0.29, 0.717) is 15.3 Å². The molecule has 0 amide bonds. The number of hydrogen-bond acceptors (Lipinski definition) is 2. The molecule has 0 heterocycles. The summed E-state index contributed by atoms with van der Waals surface area (Å²) in [6, 6.07) is 5.61. The number of thioether (sulfide) groups is 1. The molecule has 1 fully saturated rings. The van der Waals surface area contributed by atoms with Gasteiger partial charge in [-0.3, -0.25) is 0 Å². The highest BCUT2D eigenvalue weighted by Crippen LogP contribution is 2.37. The van der Waals surface area contributed by atoms with Gasteiger partial charge in [-0.2, -0.15) is 0 Å². The van der Waals surface area contributed by atoms with Crippen molar-refractivity contribution in [3.05, 3.63) is 28.2 Å². The quantitative estimate of drug-likeness (QED) is 0.864. The number of benzene rings is 1. The van der Waals surface area contributed by atoms with Crippen molar-refractivity contribution in [2.75, 3.05) is 0 Å². The number of carbonyl (C=O) groups is 1. The lowest BCUT2D eigenvalue weighted by Gasteiger charge is -2.26. The molecule has 1 aliphatic rings. The predicted octanol–water partition coefficient (Wildman–Crippen LogP) is 4.82. The predicted molar refractivity (Wildman–Crippen MR) is 78.4 cm³/mol. The highest BCUT2D eigenvalue weighted by molar-refractivity contribution is 9.10. The van der Waals surface area contributed by atoms with E-state index in [1.54, 1.807) is 6.07 Å². The standard InChI is InChI=1S/C14H17BrO2S/c1-9-3-2-4-10(7-9)18-11-5-6-13(15)12(8-11)14(16)17/h5-6,8-10H,2-4,7H2,1H3,(H,16,17). The van der Waals surface area contributed by atoms with E-state index in [2.05, 4.69) is 22.9 Å². The van der Waals surface area contributed by atoms with E-state index in [0.717, 1.165) is 10.8 Å². The lowest BCUT2D eigenvalue weighted by molar-refractivity contribution is 0.0695. The summed E-state index contributed by atoms with van der Waals surface area (Å²) in [6.07, 6.45) is 5.11. The molecule has 18 heavy (non-hydrogen) atoms. The topological polar surface area (TPSA) is 37.3 Å². The minimum Gasteiger partial charge on any atom is -0.478 e. The number of rotatable bonds is 3. The van der Waals surface area contributed by atoms with Crippen molar-refractivity contribution in [1.29, 1.82) is 0 Å². The molecule has 0 aliphatic heterocycles. The number of hydrogen-bond donors (Lipinski definition) is 1. The van der Waals surface area contributed by atoms with Gasteiger partial charge in [-0.15, -0.1) is 11.8 Å². The van der Waals surface area contributed by atoms with Crippen LogP contribution in [0.1, 0.15) is 43.0 Å². The third-order valence-corrected chi connectivity index (χ3v) is 5.34. The fraction of sp³-hybridized carbons (Fsp3) is 0.500. The molecule has 4 heteroatoms. The third-order valence-electron chi connectivity index (χ3n) is 3.36. The van der Waals surface area contributed by atoms with Crippen molar-refractivity contribution in [3.63, 3.8) is 0 Å². The van der Waals surface area contributed by atoms with Gasteiger partial charge >= 0.3 is 5.97 Å². The Morgan fingerprint density at radius 1 is 1.44 bits per heavy atom. The van der Waals surface area contributed by atoms with Crippen molar-refractivity contribution in [2.24, 2.45) is 5.92 Å². The van der Waals surface area contributed by atoms with Crippen LogP contribution < -0.4 is 0 Å². The van der Waals surface area contributed by atoms with Crippen LogP contribution in [0.5, 0.6) is 0 Å². The molecule has 1 aromatic rings. The van der Waals surface area contributed by atoms with Crippen molar-refractivity contribution in [1.82, 2.24) is 0 Å². The van der Waals surface area contributed by atoms with Crippen molar-refractivity contribution in [2.45, 2.75) is 42.8 Å². The lowest BCUT2D eigenvalue weighted by Crippen LogP contribution is -2.14. The zero-order chi connectivity index (χ0) is 13.1. The second kappa shape index (κ2) is 6.11. The van der Waals surface area contributed by atoms with Crippen molar-refractivity contribution < 1.29 is 9.90 Å². The molecule has 0 aromatic heterocycles. The third kappa shape index (κ3) is 3.51. The Hall–Kier alpha value is -0.480. The maximum Gasteiger partial charge on any atom is 0.336 e. The van der Waals surface area contributed by atoms with Crippen LogP contribution in [-0.2, 0) is 0 Å². The Kier molecular flexibility index (Phi) is 4.73. The number of halogens is 1. The number of carboxylic acids is 1. The Morgan fingerprint density at radius 3 is 2.89 bits per heavy atom. The van der Waals surface area contributed by atoms with Crippen LogP contribution in [0.3, 0.4) is 0 Å². The molecule has 1 aromatic carbocycles. The molecule has 0 bridgehead atoms. The van der Waals surface area contributed by atoms with Gasteiger partial charge in [0.05, 0.1) is 5.56 Å². The molecule has 2 rings (SSSR count). The smallest absolute Gasteiger partial charge is 0.336 e. The van der Waals surface area contributed by atoms with Gasteiger partial charge in [0.1, 0.15) is 0 Å². The zero-order valence-corrected chi connectivity index (χ0v) is 12.8. The molecule has 98 valence electrons. The Labute approximate surface area is 120 Å². The summed E-state index contributed by atoms with van der Waals surface area (Å²) < 4.78 is 0.649. The number of carboxylic acid groups (broad SMARTS) is 1. The molecule has 0 radical (unpaired) electrons. The first-order valence-corrected chi connectivity index (χ1v) is 7.93. The summed E-state index contributed by atoms with van der Waals surface area (Å²) in [5.74, 6) is -0.0769. The molecular weight excluding hydrogens is 312 g/mol. The molecule has 2 atom stereocenters. The molecule has 2 nitrogen and oxygen atoms in total. The van der Waals surface area contributed by atoms with Crippen LogP contribution in [0, 0.1) is 5.92 Å². The van der Waals surface area contributed by atoms with Gasteiger partial charge < -0.3 is 5.11 Å². The second-order valence-corrected chi connectivity index (χ2v) is 7.19. The first-order valence-electron chi connectivity index (χ1n) is 6.25. The minimum absolute atomic E-state index is 0.351. The summed E-state index contributed by atoms with van der Waals surface area (Å²) in [6.45, 7) is 2.30. The van der Waals surface area contributed by atoms with Gasteiger partial charge in [-0.1, -0.05) is 19.8 Å². The fourth-order valence-electron chi connectivity index (χ4n) is 2.42. The summed E-state index contributed by atoms with van der Waals surface area (Å²) in [5.41, 5.74) is 0.351. The van der Waals surface area contributed by atoms with E-state index < -0.39 is 5.97 Å². The van der Waals surface area contributed by atoms with Gasteiger partial charge in [0.25, 0.3) is 0 Å². The summed E-state index contributed by atoms with van der Waals surface area (Å²) in [4.78, 5) is 12.1. The highest BCUT2D eigenvalue weighted by Gasteiger charge is 2.20. The SMILES string of the molecule is CC1CCCC(Sc2ccc(Br)c(C(=O)O)c2)C1. The van der Waals surface area contributed by atoms with E-state index in [4.69, 9.17) is 5.11 Å². The van der Waals surface area contributed by atoms with Crippen LogP contribution in [0.25, 0.3) is 0 Å². The van der Waals surface area contributed by atoms with Crippen LogP contribution in [-0.4, -0.2) is 16.3 Å². The maximum absolute atomic E-state index is 11.1. The largest absolute Gasteiger partial charge is 0.478 e. The molecule has 0 saturated heterocycles. The lowest BCUT2D eigenvalue weighted by atomic mass is 9.91. The van der Waals surface area contributed by atoms with Crippen molar-refractivity contribution >= 4 is 33.7 Å². The van der Waals surface area contributed by atoms with E-state index in [1.165, 1.54) is 25.7 Å².